The van der Waals surface area contributed by atoms with Crippen molar-refractivity contribution in [3.05, 3.63) is 58.1 Å². The van der Waals surface area contributed by atoms with Crippen molar-refractivity contribution >= 4 is 38.9 Å². The Morgan fingerprint density at radius 2 is 1.75 bits per heavy atom. The lowest BCUT2D eigenvalue weighted by Gasteiger charge is -2.13. The van der Waals surface area contributed by atoms with Crippen LogP contribution in [0.2, 0.25) is 10.0 Å². The molecular formula is C17H11Cl2F3N2O3S. The summed E-state index contributed by atoms with van der Waals surface area (Å²) in [6.45, 7) is 1.70. The zero-order chi connectivity index (χ0) is 20.7. The first-order chi connectivity index (χ1) is 13.0. The van der Waals surface area contributed by atoms with Crippen LogP contribution < -0.4 is 4.72 Å². The van der Waals surface area contributed by atoms with Crippen molar-refractivity contribution < 1.29 is 26.1 Å². The molecule has 0 aliphatic heterocycles. The van der Waals surface area contributed by atoms with Gasteiger partial charge < -0.3 is 4.52 Å². The molecule has 11 heteroatoms. The second-order valence-electron chi connectivity index (χ2n) is 5.80. The molecule has 0 fully saturated rings. The molecule has 1 heterocycles. The summed E-state index contributed by atoms with van der Waals surface area (Å²) in [5.41, 5.74) is -4.35. The lowest BCUT2D eigenvalue weighted by molar-refractivity contribution is -0.0429. The monoisotopic (exact) mass is 450 g/mol. The zero-order valence-electron chi connectivity index (χ0n) is 14.0. The predicted octanol–water partition coefficient (Wildman–Crippen LogP) is 5.89. The molecule has 0 aliphatic rings. The van der Waals surface area contributed by atoms with Crippen LogP contribution in [0.1, 0.15) is 5.56 Å². The quantitative estimate of drug-likeness (QED) is 0.538. The van der Waals surface area contributed by atoms with E-state index in [1.54, 1.807) is 23.8 Å². The van der Waals surface area contributed by atoms with E-state index in [0.29, 0.717) is 16.1 Å². The largest absolute Gasteiger partial charge is 0.516 e. The van der Waals surface area contributed by atoms with Crippen molar-refractivity contribution in [3.8, 4) is 22.6 Å². The van der Waals surface area contributed by atoms with Gasteiger partial charge in [0.05, 0.1) is 10.7 Å². The average molecular weight is 451 g/mol. The number of aromatic nitrogens is 1. The van der Waals surface area contributed by atoms with E-state index >= 15 is 0 Å². The van der Waals surface area contributed by atoms with Crippen LogP contribution in [0.5, 0.6) is 0 Å². The molecule has 0 unspecified atom stereocenters. The Bertz CT molecular complexity index is 1140. The minimum Gasteiger partial charge on any atom is -0.356 e. The topological polar surface area (TPSA) is 72.2 Å². The Balaban J connectivity index is 2.05. The van der Waals surface area contributed by atoms with Crippen molar-refractivity contribution in [1.82, 2.24) is 5.16 Å². The summed E-state index contributed by atoms with van der Waals surface area (Å²) in [7, 11) is -5.60. The molecule has 148 valence electrons. The number of benzene rings is 2. The third-order valence-corrected chi connectivity index (χ3v) is 5.35. The Hall–Kier alpha value is -2.23. The fourth-order valence-electron chi connectivity index (χ4n) is 2.38. The van der Waals surface area contributed by atoms with Crippen molar-refractivity contribution in [3.63, 3.8) is 0 Å². The summed E-state index contributed by atoms with van der Waals surface area (Å²) < 4.78 is 67.9. The van der Waals surface area contributed by atoms with Gasteiger partial charge in [-0.05, 0) is 37.3 Å². The number of hydrogen-bond acceptors (Lipinski definition) is 4. The molecule has 0 spiro atoms. The van der Waals surface area contributed by atoms with Gasteiger partial charge in [-0.1, -0.05) is 40.0 Å². The van der Waals surface area contributed by atoms with E-state index in [-0.39, 0.29) is 27.7 Å². The average Bonchev–Trinajstić information content (AvgIpc) is 3.04. The van der Waals surface area contributed by atoms with Gasteiger partial charge in [-0.25, -0.2) is 0 Å². The van der Waals surface area contributed by atoms with E-state index < -0.39 is 15.5 Å². The Kier molecular flexibility index (Phi) is 5.35. The van der Waals surface area contributed by atoms with Gasteiger partial charge in [0.15, 0.2) is 5.76 Å². The smallest absolute Gasteiger partial charge is 0.356 e. The number of sulfonamides is 1. The minimum absolute atomic E-state index is 0.118. The first-order valence-corrected chi connectivity index (χ1v) is 9.84. The van der Waals surface area contributed by atoms with Gasteiger partial charge >= 0.3 is 15.5 Å². The summed E-state index contributed by atoms with van der Waals surface area (Å²) in [6.07, 6.45) is 0. The number of hydrogen-bond donors (Lipinski definition) is 1. The highest BCUT2D eigenvalue weighted by Crippen LogP contribution is 2.36. The van der Waals surface area contributed by atoms with Crippen LogP contribution in [0.3, 0.4) is 0 Å². The fourth-order valence-corrected chi connectivity index (χ4v) is 3.46. The van der Waals surface area contributed by atoms with Crippen LogP contribution in [0.4, 0.5) is 18.9 Å². The van der Waals surface area contributed by atoms with Gasteiger partial charge in [0.2, 0.25) is 0 Å². The van der Waals surface area contributed by atoms with Crippen LogP contribution in [0, 0.1) is 6.92 Å². The van der Waals surface area contributed by atoms with E-state index in [9.17, 15) is 21.6 Å². The molecule has 0 aliphatic carbocycles. The van der Waals surface area contributed by atoms with E-state index in [1.807, 2.05) is 0 Å². The van der Waals surface area contributed by atoms with Crippen LogP contribution >= 0.6 is 23.2 Å². The minimum atomic E-state index is -5.60. The number of alkyl halides is 3. The van der Waals surface area contributed by atoms with Gasteiger partial charge in [-0.2, -0.15) is 21.6 Å². The lowest BCUT2D eigenvalue weighted by atomic mass is 10.1. The maximum Gasteiger partial charge on any atom is 0.516 e. The summed E-state index contributed by atoms with van der Waals surface area (Å²) >= 11 is 12.0. The molecular weight excluding hydrogens is 440 g/mol. The van der Waals surface area contributed by atoms with Crippen molar-refractivity contribution in [1.29, 1.82) is 0 Å². The molecule has 1 aromatic heterocycles. The molecule has 2 aromatic carbocycles. The molecule has 0 amide bonds. The van der Waals surface area contributed by atoms with Gasteiger partial charge in [-0.15, -0.1) is 0 Å². The van der Waals surface area contributed by atoms with Crippen LogP contribution in [-0.2, 0) is 10.0 Å². The van der Waals surface area contributed by atoms with Crippen molar-refractivity contribution in [2.24, 2.45) is 0 Å². The maximum atomic E-state index is 12.7. The molecule has 0 atom stereocenters. The Labute approximate surface area is 168 Å². The summed E-state index contributed by atoms with van der Waals surface area (Å²) in [6, 6.07) is 10.3. The molecule has 0 saturated carbocycles. The highest BCUT2D eigenvalue weighted by molar-refractivity contribution is 7.93. The predicted molar refractivity (Wildman–Crippen MR) is 101 cm³/mol. The molecule has 3 aromatic rings. The third-order valence-electron chi connectivity index (χ3n) is 3.71. The van der Waals surface area contributed by atoms with Crippen molar-refractivity contribution in [2.75, 3.05) is 4.72 Å². The maximum absolute atomic E-state index is 12.7. The lowest BCUT2D eigenvalue weighted by Crippen LogP contribution is -2.30. The molecule has 1 N–H and O–H groups in total. The van der Waals surface area contributed by atoms with Gasteiger partial charge in [0.1, 0.15) is 5.69 Å². The van der Waals surface area contributed by atoms with E-state index in [2.05, 4.69) is 5.16 Å². The summed E-state index contributed by atoms with van der Waals surface area (Å²) in [5.74, 6) is 0.239. The zero-order valence-corrected chi connectivity index (χ0v) is 16.3. The third kappa shape index (κ3) is 4.11. The first-order valence-electron chi connectivity index (χ1n) is 7.60. The second kappa shape index (κ2) is 7.31. The summed E-state index contributed by atoms with van der Waals surface area (Å²) in [5, 5.41) is 4.54. The second-order valence-corrected chi connectivity index (χ2v) is 8.32. The van der Waals surface area contributed by atoms with E-state index in [0.717, 1.165) is 0 Å². The first kappa shape index (κ1) is 20.5. The van der Waals surface area contributed by atoms with E-state index in [4.69, 9.17) is 27.7 Å². The number of nitrogens with zero attached hydrogens (tertiary/aromatic N) is 1. The molecule has 5 nitrogen and oxygen atoms in total. The van der Waals surface area contributed by atoms with Gasteiger partial charge in [0, 0.05) is 22.2 Å². The van der Waals surface area contributed by atoms with Gasteiger partial charge in [0.25, 0.3) is 0 Å². The SMILES string of the molecule is Cc1ccc(NS(=O)(=O)C(F)(F)F)c(-c2cc(-c3ccc(Cl)cc3Cl)on2)c1. The molecule has 0 radical (unpaired) electrons. The number of nitrogens with one attached hydrogen (secondary N) is 1. The van der Waals surface area contributed by atoms with Gasteiger partial charge in [-0.3, -0.25) is 4.72 Å². The number of rotatable bonds is 4. The van der Waals surface area contributed by atoms with Crippen LogP contribution in [-0.4, -0.2) is 19.1 Å². The Morgan fingerprint density at radius 3 is 2.39 bits per heavy atom. The standard InChI is InChI=1S/C17H11Cl2F3N2O3S/c1-9-2-5-14(24-28(25,26)17(20,21)22)12(6-9)15-8-16(27-23-15)11-4-3-10(18)7-13(11)19/h2-8,24H,1H3. The fraction of sp³-hybridized carbons (Fsp3) is 0.118. The van der Waals surface area contributed by atoms with E-state index in [1.165, 1.54) is 30.3 Å². The highest BCUT2D eigenvalue weighted by atomic mass is 35.5. The molecule has 3 rings (SSSR count). The molecule has 28 heavy (non-hydrogen) atoms. The van der Waals surface area contributed by atoms with Crippen LogP contribution in [0.25, 0.3) is 22.6 Å². The Morgan fingerprint density at radius 1 is 1.04 bits per heavy atom. The summed E-state index contributed by atoms with van der Waals surface area (Å²) in [4.78, 5) is 0. The normalized spacial score (nSPS) is 12.2. The highest BCUT2D eigenvalue weighted by Gasteiger charge is 2.46. The number of aryl methyl sites for hydroxylation is 1. The van der Waals surface area contributed by atoms with Crippen LogP contribution in [0.15, 0.2) is 47.0 Å². The number of halogens is 5. The van der Waals surface area contributed by atoms with Crippen molar-refractivity contribution in [2.45, 2.75) is 12.4 Å². The number of anilines is 1. The molecule has 0 saturated heterocycles. The molecule has 0 bridgehead atoms.